The fourth-order valence-electron chi connectivity index (χ4n) is 3.67. The van der Waals surface area contributed by atoms with Crippen LogP contribution in [0.3, 0.4) is 0 Å². The van der Waals surface area contributed by atoms with Crippen LogP contribution in [0.5, 0.6) is 0 Å². The van der Waals surface area contributed by atoms with Gasteiger partial charge in [0.1, 0.15) is 11.6 Å². The van der Waals surface area contributed by atoms with Crippen LogP contribution in [-0.2, 0) is 7.05 Å². The van der Waals surface area contributed by atoms with E-state index in [0.29, 0.717) is 11.3 Å². The standard InChI is InChI=1S/C20H22N6O/c1-24-13-22-17-12-15(4-5-16(17)20(24)27)25-8-10-26(11-9-25)18-6-7-21-19(23-18)14-2-3-14/h4-7,12-14H,2-3,8-11H2,1H3. The van der Waals surface area contributed by atoms with Crippen molar-refractivity contribution >= 4 is 22.4 Å². The molecule has 0 N–H and O–H groups in total. The number of piperazine rings is 1. The molecule has 2 fully saturated rings. The lowest BCUT2D eigenvalue weighted by molar-refractivity contribution is 0.645. The van der Waals surface area contributed by atoms with Gasteiger partial charge in [0.05, 0.1) is 17.2 Å². The maximum Gasteiger partial charge on any atom is 0.260 e. The van der Waals surface area contributed by atoms with Gasteiger partial charge in [0.2, 0.25) is 0 Å². The topological polar surface area (TPSA) is 67.2 Å². The van der Waals surface area contributed by atoms with Crippen molar-refractivity contribution in [3.05, 3.63) is 53.0 Å². The summed E-state index contributed by atoms with van der Waals surface area (Å²) >= 11 is 0. The Morgan fingerprint density at radius 1 is 1.00 bits per heavy atom. The van der Waals surface area contributed by atoms with Gasteiger partial charge in [-0.2, -0.15) is 0 Å². The summed E-state index contributed by atoms with van der Waals surface area (Å²) in [6, 6.07) is 7.94. The molecule has 0 spiro atoms. The fourth-order valence-corrected chi connectivity index (χ4v) is 3.67. The van der Waals surface area contributed by atoms with E-state index in [1.165, 1.54) is 17.4 Å². The number of aryl methyl sites for hydroxylation is 1. The van der Waals surface area contributed by atoms with E-state index in [1.54, 1.807) is 13.4 Å². The second-order valence-corrected chi connectivity index (χ2v) is 7.38. The molecule has 0 atom stereocenters. The van der Waals surface area contributed by atoms with Gasteiger partial charge >= 0.3 is 0 Å². The largest absolute Gasteiger partial charge is 0.368 e. The molecule has 27 heavy (non-hydrogen) atoms. The van der Waals surface area contributed by atoms with E-state index in [4.69, 9.17) is 4.98 Å². The zero-order chi connectivity index (χ0) is 18.4. The SMILES string of the molecule is Cn1cnc2cc(N3CCN(c4ccnc(C5CC5)n4)CC3)ccc2c1=O. The first-order valence-electron chi connectivity index (χ1n) is 9.47. The summed E-state index contributed by atoms with van der Waals surface area (Å²) in [6.07, 6.45) is 5.91. The van der Waals surface area contributed by atoms with Crippen molar-refractivity contribution in [1.29, 1.82) is 0 Å². The minimum absolute atomic E-state index is 0.00778. The second-order valence-electron chi connectivity index (χ2n) is 7.38. The zero-order valence-corrected chi connectivity index (χ0v) is 15.4. The van der Waals surface area contributed by atoms with Gasteiger partial charge in [-0.05, 0) is 37.1 Å². The van der Waals surface area contributed by atoms with Crippen molar-refractivity contribution in [1.82, 2.24) is 19.5 Å². The Hall–Kier alpha value is -2.96. The molecule has 1 aliphatic heterocycles. The predicted octanol–water partition coefficient (Wildman–Crippen LogP) is 1.93. The van der Waals surface area contributed by atoms with Gasteiger partial charge in [-0.25, -0.2) is 15.0 Å². The Balaban J connectivity index is 1.33. The molecule has 3 aromatic rings. The van der Waals surface area contributed by atoms with Crippen molar-refractivity contribution in [3.63, 3.8) is 0 Å². The number of aromatic nitrogens is 4. The quantitative estimate of drug-likeness (QED) is 0.709. The molecule has 0 bridgehead atoms. The van der Waals surface area contributed by atoms with Crippen LogP contribution in [0.1, 0.15) is 24.6 Å². The van der Waals surface area contributed by atoms with Crippen LogP contribution >= 0.6 is 0 Å². The molecule has 0 radical (unpaired) electrons. The van der Waals surface area contributed by atoms with Crippen molar-refractivity contribution in [2.75, 3.05) is 36.0 Å². The first-order chi connectivity index (χ1) is 13.2. The van der Waals surface area contributed by atoms with Gasteiger partial charge in [-0.15, -0.1) is 0 Å². The Morgan fingerprint density at radius 2 is 1.78 bits per heavy atom. The summed E-state index contributed by atoms with van der Waals surface area (Å²) in [4.78, 5) is 30.4. The molecule has 138 valence electrons. The lowest BCUT2D eigenvalue weighted by Crippen LogP contribution is -2.46. The van der Waals surface area contributed by atoms with Gasteiger partial charge in [0.15, 0.2) is 0 Å². The van der Waals surface area contributed by atoms with Crippen molar-refractivity contribution in [3.8, 4) is 0 Å². The van der Waals surface area contributed by atoms with Gasteiger partial charge in [0, 0.05) is 51.0 Å². The molecule has 7 nitrogen and oxygen atoms in total. The molecule has 0 unspecified atom stereocenters. The maximum absolute atomic E-state index is 12.2. The van der Waals surface area contributed by atoms with Crippen LogP contribution in [0.15, 0.2) is 41.6 Å². The van der Waals surface area contributed by atoms with E-state index in [9.17, 15) is 4.79 Å². The molecule has 7 heteroatoms. The summed E-state index contributed by atoms with van der Waals surface area (Å²) in [5.41, 5.74) is 1.86. The minimum atomic E-state index is -0.00778. The summed E-state index contributed by atoms with van der Waals surface area (Å²) < 4.78 is 1.51. The third kappa shape index (κ3) is 3.03. The van der Waals surface area contributed by atoms with E-state index in [1.807, 2.05) is 30.5 Å². The van der Waals surface area contributed by atoms with Crippen LogP contribution < -0.4 is 15.4 Å². The van der Waals surface area contributed by atoms with Gasteiger partial charge < -0.3 is 14.4 Å². The van der Waals surface area contributed by atoms with Crippen molar-refractivity contribution in [2.45, 2.75) is 18.8 Å². The first kappa shape index (κ1) is 16.2. The average Bonchev–Trinajstić information content (AvgIpc) is 3.56. The van der Waals surface area contributed by atoms with E-state index < -0.39 is 0 Å². The highest BCUT2D eigenvalue weighted by Crippen LogP contribution is 2.38. The highest BCUT2D eigenvalue weighted by atomic mass is 16.1. The Bertz CT molecular complexity index is 1050. The number of hydrogen-bond acceptors (Lipinski definition) is 6. The van der Waals surface area contributed by atoms with Gasteiger partial charge in [-0.3, -0.25) is 4.79 Å². The van der Waals surface area contributed by atoms with Crippen LogP contribution in [0, 0.1) is 0 Å². The monoisotopic (exact) mass is 362 g/mol. The molecule has 1 aliphatic carbocycles. The second kappa shape index (κ2) is 6.33. The lowest BCUT2D eigenvalue weighted by atomic mass is 10.2. The maximum atomic E-state index is 12.2. The normalized spacial score (nSPS) is 17.5. The van der Waals surface area contributed by atoms with Crippen LogP contribution in [-0.4, -0.2) is 45.7 Å². The van der Waals surface area contributed by atoms with E-state index in [-0.39, 0.29) is 5.56 Å². The minimum Gasteiger partial charge on any atom is -0.368 e. The summed E-state index contributed by atoms with van der Waals surface area (Å²) in [6.45, 7) is 3.67. The van der Waals surface area contributed by atoms with Crippen LogP contribution in [0.2, 0.25) is 0 Å². The van der Waals surface area contributed by atoms with Crippen LogP contribution in [0.25, 0.3) is 10.9 Å². The van der Waals surface area contributed by atoms with Crippen molar-refractivity contribution in [2.24, 2.45) is 7.05 Å². The number of benzene rings is 1. The van der Waals surface area contributed by atoms with Crippen LogP contribution in [0.4, 0.5) is 11.5 Å². The first-order valence-corrected chi connectivity index (χ1v) is 9.47. The number of hydrogen-bond donors (Lipinski definition) is 0. The Morgan fingerprint density at radius 3 is 2.56 bits per heavy atom. The molecular formula is C20H22N6O. The highest BCUT2D eigenvalue weighted by Gasteiger charge is 2.27. The molecule has 5 rings (SSSR count). The Labute approximate surface area is 157 Å². The van der Waals surface area contributed by atoms with Gasteiger partial charge in [0.25, 0.3) is 5.56 Å². The molecular weight excluding hydrogens is 340 g/mol. The number of anilines is 2. The summed E-state index contributed by atoms with van der Waals surface area (Å²) in [7, 11) is 1.73. The third-order valence-corrected chi connectivity index (χ3v) is 5.47. The molecule has 1 aromatic carbocycles. The lowest BCUT2D eigenvalue weighted by Gasteiger charge is -2.36. The average molecular weight is 362 g/mol. The van der Waals surface area contributed by atoms with Gasteiger partial charge in [-0.1, -0.05) is 0 Å². The van der Waals surface area contributed by atoms with E-state index in [0.717, 1.165) is 49.0 Å². The van der Waals surface area contributed by atoms with E-state index in [2.05, 4.69) is 19.8 Å². The third-order valence-electron chi connectivity index (χ3n) is 5.47. The van der Waals surface area contributed by atoms with Crippen molar-refractivity contribution < 1.29 is 0 Å². The predicted molar refractivity (Wildman–Crippen MR) is 105 cm³/mol. The number of nitrogens with zero attached hydrogens (tertiary/aromatic N) is 6. The molecule has 3 heterocycles. The Kier molecular flexibility index (Phi) is 3.81. The molecule has 2 aliphatic rings. The number of fused-ring (bicyclic) bond motifs is 1. The van der Waals surface area contributed by atoms with E-state index >= 15 is 0 Å². The molecule has 2 aromatic heterocycles. The zero-order valence-electron chi connectivity index (χ0n) is 15.4. The smallest absolute Gasteiger partial charge is 0.260 e. The highest BCUT2D eigenvalue weighted by molar-refractivity contribution is 5.81. The molecule has 1 saturated carbocycles. The summed E-state index contributed by atoms with van der Waals surface area (Å²) in [5.74, 6) is 2.61. The molecule has 1 saturated heterocycles. The fraction of sp³-hybridized carbons (Fsp3) is 0.400. The molecule has 0 amide bonds. The number of rotatable bonds is 3. The summed E-state index contributed by atoms with van der Waals surface area (Å²) in [5, 5.41) is 0.663.